The van der Waals surface area contributed by atoms with Gasteiger partial charge in [0.2, 0.25) is 0 Å². The zero-order valence-electron chi connectivity index (χ0n) is 15.5. The van der Waals surface area contributed by atoms with Gasteiger partial charge < -0.3 is 19.6 Å². The second-order valence-electron chi connectivity index (χ2n) is 6.95. The molecular formula is C21H20ClF2N3O2. The van der Waals surface area contributed by atoms with Gasteiger partial charge in [0.1, 0.15) is 12.4 Å². The summed E-state index contributed by atoms with van der Waals surface area (Å²) in [6.45, 7) is 1.83. The van der Waals surface area contributed by atoms with E-state index in [0.717, 1.165) is 35.5 Å². The van der Waals surface area contributed by atoms with Crippen LogP contribution in [0.4, 0.5) is 20.2 Å². The van der Waals surface area contributed by atoms with Gasteiger partial charge in [0.05, 0.1) is 6.10 Å². The van der Waals surface area contributed by atoms with Gasteiger partial charge in [-0.2, -0.15) is 0 Å². The summed E-state index contributed by atoms with van der Waals surface area (Å²) in [5, 5.41) is 9.89. The minimum absolute atomic E-state index is 0.0172. The molecule has 0 radical (unpaired) electrons. The maximum atomic E-state index is 12.8. The number of β-amino-alcohol motifs (C(OH)–C–C–N with tert-alkyl or cyclic N) is 1. The Bertz CT molecular complexity index is 928. The van der Waals surface area contributed by atoms with Crippen molar-refractivity contribution in [2.24, 2.45) is 4.99 Å². The molecule has 0 unspecified atom stereocenters. The second-order valence-corrected chi connectivity index (χ2v) is 7.39. The molecule has 2 aromatic carbocycles. The molecule has 1 fully saturated rings. The standard InChI is InChI=1S/C21H20ClF2N3O2/c22-21(23,24)29-18-7-5-16(6-8-18)27-12-15(11-25-14-27)19-3-1-2-4-20(19)26-10-9-17(28)13-26/h1-8,11-12,17,28H,9-10,13-14H2/t17-/m1/s1. The maximum Gasteiger partial charge on any atom is 0.487 e. The number of halogens is 3. The van der Waals surface area contributed by atoms with Crippen molar-refractivity contribution in [2.75, 3.05) is 29.6 Å². The number of benzene rings is 2. The zero-order chi connectivity index (χ0) is 20.4. The van der Waals surface area contributed by atoms with E-state index in [0.29, 0.717) is 13.2 Å². The van der Waals surface area contributed by atoms with E-state index in [4.69, 9.17) is 11.6 Å². The van der Waals surface area contributed by atoms with Crippen LogP contribution in [0.25, 0.3) is 5.57 Å². The molecule has 2 aliphatic heterocycles. The topological polar surface area (TPSA) is 48.3 Å². The largest absolute Gasteiger partial charge is 0.487 e. The molecule has 8 heteroatoms. The fraction of sp³-hybridized carbons (Fsp3) is 0.286. The minimum atomic E-state index is -3.74. The molecule has 2 heterocycles. The molecule has 2 aromatic rings. The molecule has 2 aliphatic rings. The van der Waals surface area contributed by atoms with E-state index >= 15 is 0 Å². The van der Waals surface area contributed by atoms with Crippen molar-refractivity contribution in [3.63, 3.8) is 0 Å². The number of aliphatic hydroxyl groups is 1. The summed E-state index contributed by atoms with van der Waals surface area (Å²) >= 11 is 4.81. The first-order valence-corrected chi connectivity index (χ1v) is 9.63. The Morgan fingerprint density at radius 1 is 1.14 bits per heavy atom. The second kappa shape index (κ2) is 8.00. The third kappa shape index (κ3) is 4.68. The van der Waals surface area contributed by atoms with Gasteiger partial charge >= 0.3 is 5.57 Å². The predicted molar refractivity (Wildman–Crippen MR) is 111 cm³/mol. The van der Waals surface area contributed by atoms with Crippen molar-refractivity contribution < 1.29 is 18.6 Å². The van der Waals surface area contributed by atoms with Crippen LogP contribution in [0.2, 0.25) is 0 Å². The van der Waals surface area contributed by atoms with E-state index < -0.39 is 5.57 Å². The Morgan fingerprint density at radius 2 is 1.90 bits per heavy atom. The average molecular weight is 420 g/mol. The molecule has 0 aromatic heterocycles. The summed E-state index contributed by atoms with van der Waals surface area (Å²) < 4.78 is 29.9. The van der Waals surface area contributed by atoms with E-state index in [1.165, 1.54) is 12.1 Å². The van der Waals surface area contributed by atoms with Crippen LogP contribution in [-0.4, -0.2) is 42.8 Å². The SMILES string of the molecule is O[C@@H]1CCN(c2ccccc2C2=CN(c3ccc(OC(F)(F)Cl)cc3)CN=C2)C1. The Kier molecular flexibility index (Phi) is 5.43. The minimum Gasteiger partial charge on any atom is -0.420 e. The average Bonchev–Trinajstić information content (AvgIpc) is 3.14. The van der Waals surface area contributed by atoms with Crippen molar-refractivity contribution in [1.29, 1.82) is 0 Å². The monoisotopic (exact) mass is 419 g/mol. The lowest BCUT2D eigenvalue weighted by atomic mass is 10.0. The Labute approximate surface area is 172 Å². The van der Waals surface area contributed by atoms with Gasteiger partial charge in [0.15, 0.2) is 0 Å². The number of hydrogen-bond acceptors (Lipinski definition) is 5. The first-order chi connectivity index (χ1) is 13.9. The number of hydrogen-bond donors (Lipinski definition) is 1. The highest BCUT2D eigenvalue weighted by Gasteiger charge is 2.27. The zero-order valence-corrected chi connectivity index (χ0v) is 16.3. The fourth-order valence-electron chi connectivity index (χ4n) is 3.56. The predicted octanol–water partition coefficient (Wildman–Crippen LogP) is 4.31. The summed E-state index contributed by atoms with van der Waals surface area (Å²) in [6, 6.07) is 14.3. The lowest BCUT2D eigenvalue weighted by molar-refractivity contribution is -0.0964. The maximum absolute atomic E-state index is 12.8. The highest BCUT2D eigenvalue weighted by Crippen LogP contribution is 2.32. The van der Waals surface area contributed by atoms with Gasteiger partial charge in [-0.1, -0.05) is 18.2 Å². The number of rotatable bonds is 5. The number of ether oxygens (including phenoxy) is 1. The normalized spacial score (nSPS) is 19.4. The quantitative estimate of drug-likeness (QED) is 0.733. The van der Waals surface area contributed by atoms with Crippen LogP contribution < -0.4 is 14.5 Å². The molecular weight excluding hydrogens is 400 g/mol. The van der Waals surface area contributed by atoms with Crippen LogP contribution in [0.15, 0.2) is 59.7 Å². The lowest BCUT2D eigenvalue weighted by Gasteiger charge is -2.26. The lowest BCUT2D eigenvalue weighted by Crippen LogP contribution is -2.24. The Balaban J connectivity index is 1.58. The molecule has 1 N–H and O–H groups in total. The number of aliphatic hydroxyl groups excluding tert-OH is 1. The smallest absolute Gasteiger partial charge is 0.420 e. The van der Waals surface area contributed by atoms with Crippen molar-refractivity contribution in [2.45, 2.75) is 18.1 Å². The van der Waals surface area contributed by atoms with E-state index in [1.54, 1.807) is 12.1 Å². The van der Waals surface area contributed by atoms with E-state index in [-0.39, 0.29) is 11.9 Å². The van der Waals surface area contributed by atoms with Gasteiger partial charge in [0, 0.05) is 59.6 Å². The first kappa shape index (κ1) is 19.7. The number of nitrogens with zero attached hydrogens (tertiary/aromatic N) is 3. The van der Waals surface area contributed by atoms with Crippen molar-refractivity contribution in [3.05, 3.63) is 60.3 Å². The third-order valence-electron chi connectivity index (χ3n) is 4.88. The Hall–Kier alpha value is -2.64. The highest BCUT2D eigenvalue weighted by atomic mass is 35.5. The molecule has 0 amide bonds. The van der Waals surface area contributed by atoms with Crippen molar-refractivity contribution >= 4 is 34.8 Å². The molecule has 4 rings (SSSR count). The van der Waals surface area contributed by atoms with Gasteiger partial charge in [0.25, 0.3) is 0 Å². The number of aliphatic imine (C=N–C) groups is 1. The fourth-order valence-corrected chi connectivity index (χ4v) is 3.65. The van der Waals surface area contributed by atoms with Crippen molar-refractivity contribution in [1.82, 2.24) is 0 Å². The molecule has 152 valence electrons. The van der Waals surface area contributed by atoms with Crippen LogP contribution in [0.1, 0.15) is 12.0 Å². The van der Waals surface area contributed by atoms with E-state index in [2.05, 4.69) is 14.6 Å². The van der Waals surface area contributed by atoms with Gasteiger partial charge in [-0.25, -0.2) is 0 Å². The van der Waals surface area contributed by atoms with Crippen LogP contribution in [0, 0.1) is 0 Å². The Morgan fingerprint density at radius 3 is 2.59 bits per heavy atom. The summed E-state index contributed by atoms with van der Waals surface area (Å²) in [5.41, 5.74) is 0.0599. The molecule has 1 atom stereocenters. The number of allylic oxidation sites excluding steroid dienone is 1. The molecule has 1 saturated heterocycles. The van der Waals surface area contributed by atoms with E-state index in [1.807, 2.05) is 41.6 Å². The summed E-state index contributed by atoms with van der Waals surface area (Å²) in [5.74, 6) is -0.0172. The van der Waals surface area contributed by atoms with Gasteiger partial charge in [-0.05, 0) is 36.8 Å². The molecule has 0 saturated carbocycles. The molecule has 0 spiro atoms. The number of alkyl halides is 3. The molecule has 5 nitrogen and oxygen atoms in total. The molecule has 29 heavy (non-hydrogen) atoms. The summed E-state index contributed by atoms with van der Waals surface area (Å²) in [4.78, 5) is 8.55. The van der Waals surface area contributed by atoms with Gasteiger partial charge in [-0.15, -0.1) is 8.78 Å². The molecule has 0 aliphatic carbocycles. The molecule has 0 bridgehead atoms. The summed E-state index contributed by atoms with van der Waals surface area (Å²) in [6.07, 6.45) is 4.25. The summed E-state index contributed by atoms with van der Waals surface area (Å²) in [7, 11) is 0. The van der Waals surface area contributed by atoms with Crippen LogP contribution in [0.5, 0.6) is 5.75 Å². The van der Waals surface area contributed by atoms with Gasteiger partial charge in [-0.3, -0.25) is 4.99 Å². The number of anilines is 2. The van der Waals surface area contributed by atoms with Crippen LogP contribution >= 0.6 is 11.6 Å². The van der Waals surface area contributed by atoms with E-state index in [9.17, 15) is 13.9 Å². The highest BCUT2D eigenvalue weighted by molar-refractivity contribution is 6.20. The first-order valence-electron chi connectivity index (χ1n) is 9.25. The number of para-hydroxylation sites is 1. The van der Waals surface area contributed by atoms with Crippen LogP contribution in [0.3, 0.4) is 0 Å². The van der Waals surface area contributed by atoms with Crippen molar-refractivity contribution in [3.8, 4) is 5.75 Å². The van der Waals surface area contributed by atoms with Crippen LogP contribution in [-0.2, 0) is 0 Å². The third-order valence-corrected chi connectivity index (χ3v) is 4.96.